The Labute approximate surface area is 165 Å². The predicted molar refractivity (Wildman–Crippen MR) is 105 cm³/mol. The smallest absolute Gasteiger partial charge is 0.348 e. The molecule has 0 bridgehead atoms. The van der Waals surface area contributed by atoms with E-state index in [1.54, 1.807) is 6.07 Å². The molecule has 0 spiro atoms. The van der Waals surface area contributed by atoms with Crippen LogP contribution < -0.4 is 5.32 Å². The maximum absolute atomic E-state index is 12.2. The van der Waals surface area contributed by atoms with Gasteiger partial charge in [-0.05, 0) is 30.7 Å². The van der Waals surface area contributed by atoms with Gasteiger partial charge in [0.1, 0.15) is 9.71 Å². The van der Waals surface area contributed by atoms with E-state index in [9.17, 15) is 9.59 Å². The van der Waals surface area contributed by atoms with Crippen LogP contribution in [0.4, 0.5) is 0 Å². The van der Waals surface area contributed by atoms with Crippen LogP contribution in [-0.2, 0) is 16.1 Å². The lowest BCUT2D eigenvalue weighted by Gasteiger charge is -2.04. The summed E-state index contributed by atoms with van der Waals surface area (Å²) in [5.74, 6) is 1.29. The number of amides is 1. The molecule has 0 radical (unpaired) electrons. The first-order chi connectivity index (χ1) is 13.0. The molecule has 2 aromatic heterocycles. The third-order valence-electron chi connectivity index (χ3n) is 3.78. The summed E-state index contributed by atoms with van der Waals surface area (Å²) in [5, 5.41) is 8.53. The number of hydrogen-bond acceptors (Lipinski definition) is 5. The van der Waals surface area contributed by atoms with E-state index in [1.807, 2.05) is 35.9 Å². The monoisotopic (exact) mass is 401 g/mol. The Morgan fingerprint density at radius 1 is 1.37 bits per heavy atom. The molecule has 2 heterocycles. The molecule has 1 amide bonds. The van der Waals surface area contributed by atoms with E-state index in [2.05, 4.69) is 16.3 Å². The number of thiophene rings is 1. The number of nitrogens with zero attached hydrogens (tertiary/aromatic N) is 2. The molecule has 3 aromatic rings. The van der Waals surface area contributed by atoms with Crippen molar-refractivity contribution in [3.63, 3.8) is 0 Å². The van der Waals surface area contributed by atoms with Crippen LogP contribution in [0.1, 0.15) is 20.9 Å². The second-order valence-corrected chi connectivity index (χ2v) is 7.22. The number of halogens is 1. The number of terminal acetylenes is 1. The van der Waals surface area contributed by atoms with Crippen molar-refractivity contribution in [3.05, 3.63) is 51.5 Å². The first kappa shape index (κ1) is 19.0. The summed E-state index contributed by atoms with van der Waals surface area (Å²) < 4.78 is 6.89. The molecule has 3 rings (SSSR count). The molecule has 0 aliphatic carbocycles. The Morgan fingerprint density at radius 2 is 2.11 bits per heavy atom. The Morgan fingerprint density at radius 3 is 2.81 bits per heavy atom. The maximum Gasteiger partial charge on any atom is 0.348 e. The number of aryl methyl sites for hydroxylation is 1. The average Bonchev–Trinajstić information content (AvgIpc) is 3.21. The van der Waals surface area contributed by atoms with E-state index < -0.39 is 11.9 Å². The molecule has 27 heavy (non-hydrogen) atoms. The van der Waals surface area contributed by atoms with Crippen molar-refractivity contribution in [2.45, 2.75) is 13.5 Å². The molecule has 0 atom stereocenters. The minimum Gasteiger partial charge on any atom is -0.451 e. The first-order valence-corrected chi connectivity index (χ1v) is 9.26. The molecule has 6 nitrogen and oxygen atoms in total. The number of carbonyl (C=O) groups excluding carboxylic acids is 2. The highest BCUT2D eigenvalue weighted by Crippen LogP contribution is 2.29. The molecule has 0 aliphatic rings. The molecular formula is C19H16ClN3O3S. The number of carbonyl (C=O) groups is 2. The molecule has 1 N–H and O–H groups in total. The van der Waals surface area contributed by atoms with Gasteiger partial charge in [-0.1, -0.05) is 29.7 Å². The van der Waals surface area contributed by atoms with E-state index in [0.29, 0.717) is 16.4 Å². The Balaban J connectivity index is 1.75. The van der Waals surface area contributed by atoms with E-state index in [0.717, 1.165) is 21.5 Å². The van der Waals surface area contributed by atoms with Gasteiger partial charge in [0.25, 0.3) is 5.91 Å². The van der Waals surface area contributed by atoms with Crippen molar-refractivity contribution in [1.82, 2.24) is 15.1 Å². The van der Waals surface area contributed by atoms with Crippen LogP contribution in [0.25, 0.3) is 10.2 Å². The van der Waals surface area contributed by atoms with Gasteiger partial charge in [-0.25, -0.2) is 4.79 Å². The van der Waals surface area contributed by atoms with Crippen molar-refractivity contribution < 1.29 is 14.3 Å². The van der Waals surface area contributed by atoms with Gasteiger partial charge in [-0.15, -0.1) is 17.8 Å². The van der Waals surface area contributed by atoms with Gasteiger partial charge in [-0.3, -0.25) is 9.48 Å². The molecule has 1 aromatic carbocycles. The summed E-state index contributed by atoms with van der Waals surface area (Å²) in [5.41, 5.74) is 1.87. The normalized spacial score (nSPS) is 10.6. The van der Waals surface area contributed by atoms with Crippen molar-refractivity contribution in [2.75, 3.05) is 13.2 Å². The van der Waals surface area contributed by atoms with Crippen molar-refractivity contribution in [2.24, 2.45) is 0 Å². The lowest BCUT2D eigenvalue weighted by Crippen LogP contribution is -2.28. The molecule has 0 aliphatic heterocycles. The fourth-order valence-electron chi connectivity index (χ4n) is 2.49. The quantitative estimate of drug-likeness (QED) is 0.509. The van der Waals surface area contributed by atoms with Gasteiger partial charge >= 0.3 is 5.97 Å². The minimum atomic E-state index is -0.551. The van der Waals surface area contributed by atoms with Crippen molar-refractivity contribution >= 4 is 45.0 Å². The van der Waals surface area contributed by atoms with Gasteiger partial charge in [0.2, 0.25) is 0 Å². The summed E-state index contributed by atoms with van der Waals surface area (Å²) in [6, 6.07) is 9.26. The lowest BCUT2D eigenvalue weighted by molar-refractivity contribution is -0.123. The highest BCUT2D eigenvalue weighted by atomic mass is 35.5. The number of fused-ring (bicyclic) bond motifs is 1. The molecular weight excluding hydrogens is 386 g/mol. The Bertz CT molecular complexity index is 1030. The van der Waals surface area contributed by atoms with Crippen LogP contribution in [0.2, 0.25) is 5.02 Å². The van der Waals surface area contributed by atoms with Gasteiger partial charge in [0, 0.05) is 10.4 Å². The van der Waals surface area contributed by atoms with Crippen molar-refractivity contribution in [1.29, 1.82) is 0 Å². The average molecular weight is 402 g/mol. The second-order valence-electron chi connectivity index (χ2n) is 5.76. The fraction of sp³-hybridized carbons (Fsp3) is 0.211. The fourth-order valence-corrected chi connectivity index (χ4v) is 3.67. The topological polar surface area (TPSA) is 73.2 Å². The third-order valence-corrected chi connectivity index (χ3v) is 5.16. The van der Waals surface area contributed by atoms with Crippen LogP contribution >= 0.6 is 22.9 Å². The van der Waals surface area contributed by atoms with Gasteiger partial charge in [-0.2, -0.15) is 5.10 Å². The molecule has 0 saturated heterocycles. The van der Waals surface area contributed by atoms with Crippen LogP contribution in [-0.4, -0.2) is 34.8 Å². The molecule has 0 fully saturated rings. The predicted octanol–water partition coefficient (Wildman–Crippen LogP) is 3.01. The molecule has 138 valence electrons. The van der Waals surface area contributed by atoms with Crippen molar-refractivity contribution in [3.8, 4) is 12.3 Å². The number of aromatic nitrogens is 2. The summed E-state index contributed by atoms with van der Waals surface area (Å²) >= 11 is 7.20. The number of benzene rings is 1. The number of rotatable bonds is 6. The molecule has 8 heteroatoms. The zero-order valence-electron chi connectivity index (χ0n) is 14.5. The Kier molecular flexibility index (Phi) is 5.79. The number of esters is 1. The number of ether oxygens (including phenoxy) is 1. The van der Waals surface area contributed by atoms with Gasteiger partial charge in [0.15, 0.2) is 6.61 Å². The zero-order chi connectivity index (χ0) is 19.4. The van der Waals surface area contributed by atoms with Gasteiger partial charge < -0.3 is 10.1 Å². The number of nitrogens with one attached hydrogen (secondary N) is 1. The molecule has 0 unspecified atom stereocenters. The standard InChI is InChI=1S/C19H16ClN3O3S/c1-3-8-21-17(24)11-26-19(25)16-9-15-12(2)22-23(18(15)27-16)10-13-4-6-14(20)7-5-13/h1,4-7,9H,8,10-11H2,2H3,(H,21,24). The van der Waals surface area contributed by atoms with E-state index in [-0.39, 0.29) is 13.2 Å². The lowest BCUT2D eigenvalue weighted by atomic mass is 10.2. The van der Waals surface area contributed by atoms with Crippen LogP contribution in [0.5, 0.6) is 0 Å². The maximum atomic E-state index is 12.2. The van der Waals surface area contributed by atoms with E-state index >= 15 is 0 Å². The second kappa shape index (κ2) is 8.25. The highest BCUT2D eigenvalue weighted by Gasteiger charge is 2.18. The minimum absolute atomic E-state index is 0.0962. The third kappa shape index (κ3) is 4.48. The molecule has 0 saturated carbocycles. The van der Waals surface area contributed by atoms with E-state index in [4.69, 9.17) is 22.8 Å². The summed E-state index contributed by atoms with van der Waals surface area (Å²) in [6.07, 6.45) is 5.06. The SMILES string of the molecule is C#CCNC(=O)COC(=O)c1cc2c(C)nn(Cc3ccc(Cl)cc3)c2s1. The number of hydrogen-bond donors (Lipinski definition) is 1. The summed E-state index contributed by atoms with van der Waals surface area (Å²) in [7, 11) is 0. The largest absolute Gasteiger partial charge is 0.451 e. The van der Waals surface area contributed by atoms with Crippen LogP contribution in [0.3, 0.4) is 0 Å². The summed E-state index contributed by atoms with van der Waals surface area (Å²) in [4.78, 5) is 25.0. The van der Waals surface area contributed by atoms with E-state index in [1.165, 1.54) is 11.3 Å². The zero-order valence-corrected chi connectivity index (χ0v) is 16.1. The Hall–Kier alpha value is -2.82. The first-order valence-electron chi connectivity index (χ1n) is 8.06. The summed E-state index contributed by atoms with van der Waals surface area (Å²) in [6.45, 7) is 2.17. The van der Waals surface area contributed by atoms with Crippen LogP contribution in [0.15, 0.2) is 30.3 Å². The van der Waals surface area contributed by atoms with Crippen LogP contribution in [0, 0.1) is 19.3 Å². The van der Waals surface area contributed by atoms with Gasteiger partial charge in [0.05, 0.1) is 18.8 Å². The highest BCUT2D eigenvalue weighted by molar-refractivity contribution is 7.20.